The number of ether oxygens (including phenoxy) is 1. The van der Waals surface area contributed by atoms with Gasteiger partial charge in [0, 0.05) is 11.1 Å². The first-order valence-electron chi connectivity index (χ1n) is 6.20. The van der Waals surface area contributed by atoms with Gasteiger partial charge in [0.05, 0.1) is 13.2 Å². The molecule has 17 heavy (non-hydrogen) atoms. The zero-order valence-electron chi connectivity index (χ0n) is 10.9. The van der Waals surface area contributed by atoms with Gasteiger partial charge in [-0.15, -0.1) is 0 Å². The van der Waals surface area contributed by atoms with Crippen LogP contribution < -0.4 is 16.2 Å². The number of methoxy groups -OCH3 is 1. The minimum absolute atomic E-state index is 0.126. The molecule has 0 aromatic heterocycles. The Kier molecular flexibility index (Phi) is 3.15. The molecule has 0 radical (unpaired) electrons. The van der Waals surface area contributed by atoms with Crippen LogP contribution in [0, 0.1) is 0 Å². The molecule has 0 aliphatic heterocycles. The molecule has 1 aromatic carbocycles. The highest BCUT2D eigenvalue weighted by molar-refractivity contribution is 5.42. The predicted molar refractivity (Wildman–Crippen MR) is 70.2 cm³/mol. The van der Waals surface area contributed by atoms with Crippen molar-refractivity contribution >= 4 is 0 Å². The molecule has 1 aliphatic carbocycles. The van der Waals surface area contributed by atoms with Crippen LogP contribution >= 0.6 is 0 Å². The zero-order valence-corrected chi connectivity index (χ0v) is 10.9. The molecule has 1 unspecified atom stereocenters. The summed E-state index contributed by atoms with van der Waals surface area (Å²) < 4.78 is 5.44. The van der Waals surface area contributed by atoms with Gasteiger partial charge in [0.15, 0.2) is 0 Å². The van der Waals surface area contributed by atoms with E-state index < -0.39 is 0 Å². The van der Waals surface area contributed by atoms with Crippen molar-refractivity contribution in [3.63, 3.8) is 0 Å². The third-order valence-electron chi connectivity index (χ3n) is 3.71. The van der Waals surface area contributed by atoms with Crippen molar-refractivity contribution in [2.24, 2.45) is 11.5 Å². The Balaban J connectivity index is 2.34. The summed E-state index contributed by atoms with van der Waals surface area (Å²) in [7, 11) is 1.69. The summed E-state index contributed by atoms with van der Waals surface area (Å²) in [5, 5.41) is 0. The van der Waals surface area contributed by atoms with E-state index in [4.69, 9.17) is 16.2 Å². The minimum atomic E-state index is -0.216. The lowest BCUT2D eigenvalue weighted by molar-refractivity contribution is 0.398. The Labute approximate surface area is 103 Å². The maximum atomic E-state index is 6.23. The van der Waals surface area contributed by atoms with Crippen molar-refractivity contribution in [3.8, 4) is 5.75 Å². The van der Waals surface area contributed by atoms with Crippen LogP contribution in [0.3, 0.4) is 0 Å². The fourth-order valence-corrected chi connectivity index (χ4v) is 2.11. The molecule has 0 amide bonds. The van der Waals surface area contributed by atoms with Crippen molar-refractivity contribution in [1.29, 1.82) is 0 Å². The highest BCUT2D eigenvalue weighted by Crippen LogP contribution is 2.44. The molecule has 4 N–H and O–H groups in total. The van der Waals surface area contributed by atoms with E-state index in [2.05, 4.69) is 32.0 Å². The van der Waals surface area contributed by atoms with Crippen LogP contribution in [0.2, 0.25) is 0 Å². The molecule has 1 atom stereocenters. The molecule has 94 valence electrons. The molecule has 1 aliphatic rings. The molecular weight excluding hydrogens is 212 g/mol. The van der Waals surface area contributed by atoms with Crippen molar-refractivity contribution in [3.05, 3.63) is 29.3 Å². The van der Waals surface area contributed by atoms with E-state index in [1.165, 1.54) is 5.56 Å². The molecule has 0 saturated heterocycles. The lowest BCUT2D eigenvalue weighted by atomic mass is 9.94. The topological polar surface area (TPSA) is 61.3 Å². The van der Waals surface area contributed by atoms with E-state index >= 15 is 0 Å². The fourth-order valence-electron chi connectivity index (χ4n) is 2.11. The van der Waals surface area contributed by atoms with Crippen LogP contribution in [0.1, 0.15) is 49.8 Å². The second kappa shape index (κ2) is 4.31. The lowest BCUT2D eigenvalue weighted by Crippen LogP contribution is -2.36. The van der Waals surface area contributed by atoms with Gasteiger partial charge in [-0.2, -0.15) is 0 Å². The SMILES string of the molecule is COc1cc(C(C)C)ccc1C(N)C1(N)CC1. The van der Waals surface area contributed by atoms with Crippen molar-refractivity contribution in [2.75, 3.05) is 7.11 Å². The Bertz CT molecular complexity index is 411. The molecule has 0 spiro atoms. The maximum Gasteiger partial charge on any atom is 0.123 e. The monoisotopic (exact) mass is 234 g/mol. The highest BCUT2D eigenvalue weighted by Gasteiger charge is 2.45. The summed E-state index contributed by atoms with van der Waals surface area (Å²) in [4.78, 5) is 0. The number of benzene rings is 1. The van der Waals surface area contributed by atoms with Gasteiger partial charge in [-0.3, -0.25) is 0 Å². The van der Waals surface area contributed by atoms with Crippen molar-refractivity contribution in [2.45, 2.75) is 44.2 Å². The first-order chi connectivity index (χ1) is 7.98. The lowest BCUT2D eigenvalue weighted by Gasteiger charge is -2.22. The van der Waals surface area contributed by atoms with Gasteiger partial charge in [0.1, 0.15) is 5.75 Å². The normalized spacial score (nSPS) is 19.2. The van der Waals surface area contributed by atoms with Gasteiger partial charge in [-0.25, -0.2) is 0 Å². The largest absolute Gasteiger partial charge is 0.496 e. The molecule has 3 nitrogen and oxygen atoms in total. The zero-order chi connectivity index (χ0) is 12.6. The fraction of sp³-hybridized carbons (Fsp3) is 0.571. The van der Waals surface area contributed by atoms with Crippen LogP contribution in [0.25, 0.3) is 0 Å². The molecular formula is C14H22N2O. The van der Waals surface area contributed by atoms with Gasteiger partial charge in [0.25, 0.3) is 0 Å². The summed E-state index contributed by atoms with van der Waals surface area (Å²) >= 11 is 0. The quantitative estimate of drug-likeness (QED) is 0.840. The molecule has 0 bridgehead atoms. The number of hydrogen-bond donors (Lipinski definition) is 2. The molecule has 2 rings (SSSR count). The molecule has 0 heterocycles. The summed E-state index contributed by atoms with van der Waals surface area (Å²) in [6, 6.07) is 6.13. The second-order valence-electron chi connectivity index (χ2n) is 5.37. The number of nitrogens with two attached hydrogens (primary N) is 2. The molecule has 1 aromatic rings. The van der Waals surface area contributed by atoms with Crippen LogP contribution in [0.4, 0.5) is 0 Å². The summed E-state index contributed by atoms with van der Waals surface area (Å²) in [5.74, 6) is 1.35. The van der Waals surface area contributed by atoms with E-state index in [1.54, 1.807) is 7.11 Å². The van der Waals surface area contributed by atoms with E-state index in [0.29, 0.717) is 5.92 Å². The first kappa shape index (κ1) is 12.4. The van der Waals surface area contributed by atoms with E-state index in [0.717, 1.165) is 24.2 Å². The van der Waals surface area contributed by atoms with Crippen LogP contribution in [-0.2, 0) is 0 Å². The summed E-state index contributed by atoms with van der Waals surface area (Å²) in [6.45, 7) is 4.33. The average Bonchev–Trinajstić information content (AvgIpc) is 3.06. The molecule has 1 fully saturated rings. The first-order valence-corrected chi connectivity index (χ1v) is 6.20. The molecule has 3 heteroatoms. The number of hydrogen-bond acceptors (Lipinski definition) is 3. The third-order valence-corrected chi connectivity index (χ3v) is 3.71. The van der Waals surface area contributed by atoms with Gasteiger partial charge >= 0.3 is 0 Å². The van der Waals surface area contributed by atoms with E-state index in [9.17, 15) is 0 Å². The van der Waals surface area contributed by atoms with Gasteiger partial charge in [0.2, 0.25) is 0 Å². The standard InChI is InChI=1S/C14H22N2O/c1-9(2)10-4-5-11(12(8-10)17-3)13(15)14(16)6-7-14/h4-5,8-9,13H,6-7,15-16H2,1-3H3. The Morgan fingerprint density at radius 1 is 1.29 bits per heavy atom. The van der Waals surface area contributed by atoms with Gasteiger partial charge < -0.3 is 16.2 Å². The average molecular weight is 234 g/mol. The minimum Gasteiger partial charge on any atom is -0.496 e. The van der Waals surface area contributed by atoms with Gasteiger partial charge in [-0.05, 0) is 30.4 Å². The van der Waals surface area contributed by atoms with E-state index in [-0.39, 0.29) is 11.6 Å². The number of rotatable bonds is 4. The predicted octanol–water partition coefficient (Wildman–Crippen LogP) is 2.31. The van der Waals surface area contributed by atoms with Crippen molar-refractivity contribution < 1.29 is 4.74 Å². The summed E-state index contributed by atoms with van der Waals surface area (Å²) in [5.41, 5.74) is 14.5. The van der Waals surface area contributed by atoms with Gasteiger partial charge in [-0.1, -0.05) is 26.0 Å². The summed E-state index contributed by atoms with van der Waals surface area (Å²) in [6.07, 6.45) is 2.01. The Morgan fingerprint density at radius 2 is 1.94 bits per heavy atom. The smallest absolute Gasteiger partial charge is 0.123 e. The third kappa shape index (κ3) is 2.31. The van der Waals surface area contributed by atoms with Crippen LogP contribution in [0.5, 0.6) is 5.75 Å². The van der Waals surface area contributed by atoms with Crippen LogP contribution in [0.15, 0.2) is 18.2 Å². The second-order valence-corrected chi connectivity index (χ2v) is 5.37. The molecule has 1 saturated carbocycles. The Morgan fingerprint density at radius 3 is 2.41 bits per heavy atom. The van der Waals surface area contributed by atoms with Crippen molar-refractivity contribution in [1.82, 2.24) is 0 Å². The maximum absolute atomic E-state index is 6.23. The van der Waals surface area contributed by atoms with E-state index in [1.807, 2.05) is 0 Å². The highest BCUT2D eigenvalue weighted by atomic mass is 16.5. The Hall–Kier alpha value is -1.06. The van der Waals surface area contributed by atoms with Crippen LogP contribution in [-0.4, -0.2) is 12.6 Å².